The molecule has 142 valence electrons. The van der Waals surface area contributed by atoms with E-state index in [0.29, 0.717) is 23.5 Å². The van der Waals surface area contributed by atoms with E-state index in [1.165, 1.54) is 11.1 Å². The Morgan fingerprint density at radius 2 is 1.82 bits per heavy atom. The molecule has 0 spiro atoms. The van der Waals surface area contributed by atoms with Crippen LogP contribution in [0.4, 0.5) is 0 Å². The molecule has 2 nitrogen and oxygen atoms in total. The Bertz CT molecular complexity index is 994. The lowest BCUT2D eigenvalue weighted by atomic mass is 9.55. The Morgan fingerprint density at radius 3 is 2.64 bits per heavy atom. The normalized spacial score (nSPS) is 30.6. The summed E-state index contributed by atoms with van der Waals surface area (Å²) in [6.07, 6.45) is 5.96. The zero-order chi connectivity index (χ0) is 19.3. The van der Waals surface area contributed by atoms with Gasteiger partial charge in [0.2, 0.25) is 0 Å². The average molecular weight is 370 g/mol. The number of hydrogen-bond acceptors (Lipinski definition) is 2. The van der Waals surface area contributed by atoms with Crippen molar-refractivity contribution in [1.82, 2.24) is 0 Å². The highest BCUT2D eigenvalue weighted by Crippen LogP contribution is 2.59. The molecule has 2 aromatic rings. The van der Waals surface area contributed by atoms with E-state index in [1.54, 1.807) is 0 Å². The second-order valence-electron chi connectivity index (χ2n) is 8.98. The lowest BCUT2D eigenvalue weighted by Crippen LogP contribution is -2.42. The average Bonchev–Trinajstić information content (AvgIpc) is 3.02. The molecular weight excluding hydrogens is 344 g/mol. The van der Waals surface area contributed by atoms with E-state index in [4.69, 9.17) is 0 Å². The van der Waals surface area contributed by atoms with Crippen molar-refractivity contribution in [2.24, 2.45) is 17.3 Å². The molecule has 0 amide bonds. The molecule has 28 heavy (non-hydrogen) atoms. The van der Waals surface area contributed by atoms with E-state index >= 15 is 0 Å². The van der Waals surface area contributed by atoms with Crippen LogP contribution in [-0.4, -0.2) is 10.9 Å². The first kappa shape index (κ1) is 17.6. The first-order chi connectivity index (χ1) is 13.6. The topological polar surface area (TPSA) is 37.3 Å². The SMILES string of the molecule is C[C@@]12CC[C@@H]3c4ccc(O)c(C#Cc5ccccc5)c4CC[C@H]3[C@@H]1CCC2=O. The number of rotatable bonds is 0. The summed E-state index contributed by atoms with van der Waals surface area (Å²) in [6, 6.07) is 13.9. The third kappa shape index (κ3) is 2.60. The van der Waals surface area contributed by atoms with E-state index in [2.05, 4.69) is 24.8 Å². The van der Waals surface area contributed by atoms with Crippen LogP contribution in [0.2, 0.25) is 0 Å². The smallest absolute Gasteiger partial charge is 0.139 e. The fraction of sp³-hybridized carbons (Fsp3) is 0.423. The van der Waals surface area contributed by atoms with Gasteiger partial charge in [-0.25, -0.2) is 0 Å². The number of phenolic OH excluding ortho intramolecular Hbond substituents is 1. The van der Waals surface area contributed by atoms with Gasteiger partial charge in [-0.05, 0) is 79.2 Å². The van der Waals surface area contributed by atoms with Crippen LogP contribution in [-0.2, 0) is 11.2 Å². The van der Waals surface area contributed by atoms with Crippen molar-refractivity contribution in [2.75, 3.05) is 0 Å². The Hall–Kier alpha value is -2.53. The van der Waals surface area contributed by atoms with Crippen molar-refractivity contribution in [3.8, 4) is 17.6 Å². The maximum atomic E-state index is 12.5. The molecule has 0 radical (unpaired) electrons. The van der Waals surface area contributed by atoms with Gasteiger partial charge in [-0.2, -0.15) is 0 Å². The van der Waals surface area contributed by atoms with Crippen LogP contribution >= 0.6 is 0 Å². The summed E-state index contributed by atoms with van der Waals surface area (Å²) in [5, 5.41) is 10.5. The fourth-order valence-electron chi connectivity index (χ4n) is 6.22. The van der Waals surface area contributed by atoms with Gasteiger partial charge in [0.15, 0.2) is 0 Å². The zero-order valence-electron chi connectivity index (χ0n) is 16.4. The van der Waals surface area contributed by atoms with Crippen molar-refractivity contribution in [3.05, 3.63) is 64.7 Å². The van der Waals surface area contributed by atoms with Gasteiger partial charge in [0.05, 0.1) is 5.56 Å². The molecule has 2 fully saturated rings. The molecule has 3 aliphatic rings. The minimum atomic E-state index is -0.0917. The number of fused-ring (bicyclic) bond motifs is 5. The molecule has 0 bridgehead atoms. The molecule has 2 aromatic carbocycles. The molecule has 2 heteroatoms. The van der Waals surface area contributed by atoms with Crippen LogP contribution in [0.15, 0.2) is 42.5 Å². The maximum Gasteiger partial charge on any atom is 0.139 e. The third-order valence-corrected chi connectivity index (χ3v) is 7.71. The van der Waals surface area contributed by atoms with Crippen molar-refractivity contribution in [2.45, 2.75) is 51.4 Å². The number of benzene rings is 2. The van der Waals surface area contributed by atoms with Crippen LogP contribution < -0.4 is 0 Å². The fourth-order valence-corrected chi connectivity index (χ4v) is 6.22. The van der Waals surface area contributed by atoms with E-state index in [-0.39, 0.29) is 11.2 Å². The molecule has 0 aromatic heterocycles. The Balaban J connectivity index is 1.53. The quantitative estimate of drug-likeness (QED) is 0.646. The number of phenols is 1. The lowest BCUT2D eigenvalue weighted by Gasteiger charge is -2.48. The number of carbonyl (C=O) groups is 1. The Morgan fingerprint density at radius 1 is 1.00 bits per heavy atom. The monoisotopic (exact) mass is 370 g/mol. The van der Waals surface area contributed by atoms with Gasteiger partial charge >= 0.3 is 0 Å². The molecule has 5 rings (SSSR count). The molecule has 0 unspecified atom stereocenters. The third-order valence-electron chi connectivity index (χ3n) is 7.71. The second kappa shape index (κ2) is 6.52. The minimum absolute atomic E-state index is 0.0917. The molecule has 0 aliphatic heterocycles. The summed E-state index contributed by atoms with van der Waals surface area (Å²) in [5.74, 6) is 8.88. The summed E-state index contributed by atoms with van der Waals surface area (Å²) in [5.41, 5.74) is 4.28. The summed E-state index contributed by atoms with van der Waals surface area (Å²) in [7, 11) is 0. The zero-order valence-corrected chi connectivity index (χ0v) is 16.4. The molecule has 4 atom stereocenters. The summed E-state index contributed by atoms with van der Waals surface area (Å²) in [4.78, 5) is 12.5. The largest absolute Gasteiger partial charge is 0.507 e. The van der Waals surface area contributed by atoms with Crippen LogP contribution in [0.25, 0.3) is 0 Å². The van der Waals surface area contributed by atoms with Crippen molar-refractivity contribution in [3.63, 3.8) is 0 Å². The standard InChI is InChI=1S/C26H26O2/c1-26-16-15-20-18-11-13-24(27)22(8-7-17-5-3-2-4-6-17)19(18)9-10-21(20)23(26)12-14-25(26)28/h2-6,11,13,20-21,23,27H,9-10,12,14-16H2,1H3/t20-,21-,23+,26-/m1/s1. The number of ketones is 1. The van der Waals surface area contributed by atoms with Crippen molar-refractivity contribution >= 4 is 5.78 Å². The van der Waals surface area contributed by atoms with Gasteiger partial charge in [-0.15, -0.1) is 0 Å². The number of carbonyl (C=O) groups excluding carboxylic acids is 1. The maximum absolute atomic E-state index is 12.5. The predicted molar refractivity (Wildman–Crippen MR) is 110 cm³/mol. The second-order valence-corrected chi connectivity index (χ2v) is 8.98. The van der Waals surface area contributed by atoms with Gasteiger partial charge in [0.25, 0.3) is 0 Å². The highest BCUT2D eigenvalue weighted by Gasteiger charge is 2.54. The van der Waals surface area contributed by atoms with Crippen LogP contribution in [0, 0.1) is 29.1 Å². The summed E-state index contributed by atoms with van der Waals surface area (Å²) in [6.45, 7) is 2.21. The molecule has 0 heterocycles. The number of hydrogen-bond donors (Lipinski definition) is 1. The molecular formula is C26H26O2. The van der Waals surface area contributed by atoms with E-state index in [9.17, 15) is 9.90 Å². The number of aromatic hydroxyl groups is 1. The Kier molecular flexibility index (Phi) is 4.09. The molecule has 3 aliphatic carbocycles. The molecule has 2 saturated carbocycles. The van der Waals surface area contributed by atoms with Crippen LogP contribution in [0.1, 0.15) is 67.2 Å². The van der Waals surface area contributed by atoms with Gasteiger partial charge in [-0.3, -0.25) is 4.79 Å². The van der Waals surface area contributed by atoms with Crippen LogP contribution in [0.3, 0.4) is 0 Å². The number of Topliss-reactive ketones (excluding diaryl/α,β-unsaturated/α-hetero) is 1. The summed E-state index contributed by atoms with van der Waals surface area (Å²) >= 11 is 0. The lowest BCUT2D eigenvalue weighted by molar-refractivity contribution is -0.129. The van der Waals surface area contributed by atoms with Crippen LogP contribution in [0.5, 0.6) is 5.75 Å². The van der Waals surface area contributed by atoms with Gasteiger partial charge in [-0.1, -0.05) is 43.0 Å². The van der Waals surface area contributed by atoms with E-state index in [0.717, 1.165) is 49.7 Å². The first-order valence-electron chi connectivity index (χ1n) is 10.5. The van der Waals surface area contributed by atoms with Gasteiger partial charge < -0.3 is 5.11 Å². The molecule has 1 N–H and O–H groups in total. The van der Waals surface area contributed by atoms with E-state index < -0.39 is 0 Å². The highest BCUT2D eigenvalue weighted by atomic mass is 16.3. The van der Waals surface area contributed by atoms with Gasteiger partial charge in [0, 0.05) is 17.4 Å². The van der Waals surface area contributed by atoms with Crippen molar-refractivity contribution < 1.29 is 9.90 Å². The predicted octanol–water partition coefficient (Wildman–Crippen LogP) is 5.22. The first-order valence-corrected chi connectivity index (χ1v) is 10.5. The Labute approximate surface area is 167 Å². The van der Waals surface area contributed by atoms with Crippen molar-refractivity contribution in [1.29, 1.82) is 0 Å². The van der Waals surface area contributed by atoms with E-state index in [1.807, 2.05) is 36.4 Å². The summed E-state index contributed by atoms with van der Waals surface area (Å²) < 4.78 is 0. The minimum Gasteiger partial charge on any atom is -0.507 e. The highest BCUT2D eigenvalue weighted by molar-refractivity contribution is 5.87. The molecule has 0 saturated heterocycles. The van der Waals surface area contributed by atoms with Gasteiger partial charge in [0.1, 0.15) is 11.5 Å².